The minimum absolute atomic E-state index is 0.713. The Morgan fingerprint density at radius 2 is 0.904 bits per heavy atom. The van der Waals surface area contributed by atoms with Crippen LogP contribution in [0.4, 0.5) is 0 Å². The third kappa shape index (κ3) is 4.02. The molecular formula is C49H31NO2. The molecular weight excluding hydrogens is 635 g/mol. The molecule has 9 aromatic rings. The van der Waals surface area contributed by atoms with E-state index in [0.717, 1.165) is 73.2 Å². The van der Waals surface area contributed by atoms with Crippen LogP contribution in [0.15, 0.2) is 188 Å². The predicted octanol–water partition coefficient (Wildman–Crippen LogP) is 12.7. The highest BCUT2D eigenvalue weighted by molar-refractivity contribution is 6.13. The predicted molar refractivity (Wildman–Crippen MR) is 210 cm³/mol. The highest BCUT2D eigenvalue weighted by Gasteiger charge is 2.50. The lowest BCUT2D eigenvalue weighted by molar-refractivity contribution is 0.399. The van der Waals surface area contributed by atoms with E-state index < -0.39 is 5.41 Å². The molecule has 0 saturated heterocycles. The molecule has 3 heterocycles. The molecule has 52 heavy (non-hydrogen) atoms. The van der Waals surface area contributed by atoms with Crippen LogP contribution in [-0.4, -0.2) is 4.57 Å². The molecule has 11 rings (SSSR count). The third-order valence-electron chi connectivity index (χ3n) is 10.9. The summed E-state index contributed by atoms with van der Waals surface area (Å²) in [5.41, 5.74) is 11.7. The van der Waals surface area contributed by atoms with Crippen LogP contribution in [0.5, 0.6) is 23.0 Å². The average molecular weight is 666 g/mol. The molecule has 0 N–H and O–H groups in total. The molecule has 1 atom stereocenters. The normalized spacial score (nSPS) is 15.3. The van der Waals surface area contributed by atoms with E-state index >= 15 is 0 Å². The van der Waals surface area contributed by atoms with Crippen LogP contribution in [0.3, 0.4) is 0 Å². The van der Waals surface area contributed by atoms with Crippen molar-refractivity contribution in [1.82, 2.24) is 4.57 Å². The van der Waals surface area contributed by atoms with Gasteiger partial charge in [-0.25, -0.2) is 0 Å². The summed E-state index contributed by atoms with van der Waals surface area (Å²) in [5.74, 6) is 3.38. The second-order valence-electron chi connectivity index (χ2n) is 13.6. The molecule has 2 aliphatic heterocycles. The number of aromatic nitrogens is 1. The zero-order valence-electron chi connectivity index (χ0n) is 28.2. The summed E-state index contributed by atoms with van der Waals surface area (Å²) in [7, 11) is 0. The Morgan fingerprint density at radius 3 is 1.62 bits per heavy atom. The first-order valence-corrected chi connectivity index (χ1v) is 17.8. The number of benzene rings is 8. The van der Waals surface area contributed by atoms with Crippen molar-refractivity contribution in [3.05, 3.63) is 210 Å². The number of rotatable bonds is 3. The van der Waals surface area contributed by atoms with E-state index in [1.165, 1.54) is 21.8 Å². The lowest BCUT2D eigenvalue weighted by Crippen LogP contribution is -2.36. The maximum absolute atomic E-state index is 6.82. The zero-order chi connectivity index (χ0) is 34.2. The molecule has 3 heteroatoms. The van der Waals surface area contributed by atoms with E-state index in [1.807, 2.05) is 0 Å². The van der Waals surface area contributed by atoms with Crippen molar-refractivity contribution < 1.29 is 9.47 Å². The van der Waals surface area contributed by atoms with Crippen LogP contribution in [-0.2, 0) is 5.41 Å². The van der Waals surface area contributed by atoms with Crippen molar-refractivity contribution in [1.29, 1.82) is 0 Å². The monoisotopic (exact) mass is 665 g/mol. The summed E-state index contributed by atoms with van der Waals surface area (Å²) >= 11 is 0. The first-order chi connectivity index (χ1) is 25.8. The van der Waals surface area contributed by atoms with Gasteiger partial charge in [0.15, 0.2) is 0 Å². The number of ether oxygens (including phenoxy) is 2. The second-order valence-corrected chi connectivity index (χ2v) is 13.6. The van der Waals surface area contributed by atoms with E-state index in [2.05, 4.69) is 193 Å². The maximum atomic E-state index is 6.82. The average Bonchev–Trinajstić information content (AvgIpc) is 3.56. The largest absolute Gasteiger partial charge is 0.457 e. The van der Waals surface area contributed by atoms with E-state index in [0.29, 0.717) is 0 Å². The van der Waals surface area contributed by atoms with Crippen molar-refractivity contribution in [2.75, 3.05) is 0 Å². The standard InChI is InChI=1S/C49H31NO2/c1-3-14-32(15-4-1)33-26-28-46-41(30-33)49(39-21-8-11-24-44(39)51-46)40-22-9-12-25-45(40)52-47-29-27-34(31-42(47)49)36-19-13-20-38-37-18-7-10-23-43(37)50(48(36)38)35-16-5-2-6-17-35/h1-31H. The number of fused-ring (bicyclic) bond motifs is 11. The Hall–Kier alpha value is -6.84. The SMILES string of the molecule is c1ccc(-c2ccc3c(c2)C2(c4ccccc4O3)c3ccccc3Oc3ccc(-c4cccc5c6ccccc6n(-c6ccccc6)c45)cc32)cc1. The zero-order valence-corrected chi connectivity index (χ0v) is 28.2. The fourth-order valence-electron chi connectivity index (χ4n) is 8.74. The third-order valence-corrected chi connectivity index (χ3v) is 10.9. The topological polar surface area (TPSA) is 23.4 Å². The van der Waals surface area contributed by atoms with Gasteiger partial charge in [-0.3, -0.25) is 0 Å². The molecule has 0 aliphatic carbocycles. The Kier molecular flexibility index (Phi) is 6.17. The number of nitrogens with zero attached hydrogens (tertiary/aromatic N) is 1. The van der Waals surface area contributed by atoms with Gasteiger partial charge in [-0.1, -0.05) is 133 Å². The molecule has 2 aliphatic rings. The fourth-order valence-corrected chi connectivity index (χ4v) is 8.74. The Labute approximate surface area is 301 Å². The molecule has 0 bridgehead atoms. The Balaban J connectivity index is 1.24. The molecule has 244 valence electrons. The van der Waals surface area contributed by atoms with Crippen molar-refractivity contribution in [3.8, 4) is 50.9 Å². The van der Waals surface area contributed by atoms with Gasteiger partial charge in [0.1, 0.15) is 23.0 Å². The molecule has 0 fully saturated rings. The second kappa shape index (κ2) is 11.1. The van der Waals surface area contributed by atoms with Gasteiger partial charge in [0.25, 0.3) is 0 Å². The van der Waals surface area contributed by atoms with Crippen molar-refractivity contribution in [2.45, 2.75) is 5.41 Å². The minimum atomic E-state index is -0.713. The van der Waals surface area contributed by atoms with Crippen LogP contribution >= 0.6 is 0 Å². The van der Waals surface area contributed by atoms with Crippen molar-refractivity contribution in [3.63, 3.8) is 0 Å². The summed E-state index contributed by atoms with van der Waals surface area (Å²) in [6.07, 6.45) is 0. The van der Waals surface area contributed by atoms with Crippen LogP contribution in [0, 0.1) is 0 Å². The van der Waals surface area contributed by atoms with Crippen LogP contribution < -0.4 is 9.47 Å². The van der Waals surface area contributed by atoms with Crippen molar-refractivity contribution in [2.24, 2.45) is 0 Å². The van der Waals surface area contributed by atoms with Crippen molar-refractivity contribution >= 4 is 21.8 Å². The minimum Gasteiger partial charge on any atom is -0.457 e. The summed E-state index contributed by atoms with van der Waals surface area (Å²) in [5, 5.41) is 2.45. The Morgan fingerprint density at radius 1 is 0.365 bits per heavy atom. The smallest absolute Gasteiger partial charge is 0.132 e. The first kappa shape index (κ1) is 28.9. The molecule has 8 aromatic carbocycles. The highest BCUT2D eigenvalue weighted by atomic mass is 16.5. The number of hydrogen-bond acceptors (Lipinski definition) is 2. The molecule has 1 unspecified atom stereocenters. The van der Waals surface area contributed by atoms with Gasteiger partial charge in [-0.2, -0.15) is 0 Å². The summed E-state index contributed by atoms with van der Waals surface area (Å²) < 4.78 is 16.0. The van der Waals surface area contributed by atoms with E-state index in [-0.39, 0.29) is 0 Å². The summed E-state index contributed by atoms with van der Waals surface area (Å²) in [6.45, 7) is 0. The molecule has 0 amide bonds. The molecule has 1 aromatic heterocycles. The highest BCUT2D eigenvalue weighted by Crippen LogP contribution is 2.62. The summed E-state index contributed by atoms with van der Waals surface area (Å²) in [6, 6.07) is 67.0. The fraction of sp³-hybridized carbons (Fsp3) is 0.0204. The Bertz CT molecular complexity index is 2810. The molecule has 0 saturated carbocycles. The van der Waals surface area contributed by atoms with Gasteiger partial charge in [-0.05, 0) is 71.3 Å². The van der Waals surface area contributed by atoms with E-state index in [1.54, 1.807) is 0 Å². The van der Waals surface area contributed by atoms with Gasteiger partial charge >= 0.3 is 0 Å². The van der Waals surface area contributed by atoms with Gasteiger partial charge in [-0.15, -0.1) is 0 Å². The number of para-hydroxylation sites is 5. The first-order valence-electron chi connectivity index (χ1n) is 17.8. The van der Waals surface area contributed by atoms with Crippen LogP contribution in [0.1, 0.15) is 22.3 Å². The van der Waals surface area contributed by atoms with Gasteiger partial charge in [0.05, 0.1) is 16.4 Å². The molecule has 3 nitrogen and oxygen atoms in total. The van der Waals surface area contributed by atoms with E-state index in [9.17, 15) is 0 Å². The van der Waals surface area contributed by atoms with E-state index in [4.69, 9.17) is 9.47 Å². The van der Waals surface area contributed by atoms with Gasteiger partial charge in [0, 0.05) is 44.3 Å². The number of hydrogen-bond donors (Lipinski definition) is 0. The lowest BCUT2D eigenvalue weighted by atomic mass is 9.62. The molecule has 1 spiro atoms. The van der Waals surface area contributed by atoms with Gasteiger partial charge in [0.2, 0.25) is 0 Å². The lowest BCUT2D eigenvalue weighted by Gasteiger charge is -2.45. The van der Waals surface area contributed by atoms with Crippen LogP contribution in [0.25, 0.3) is 49.7 Å². The van der Waals surface area contributed by atoms with Crippen LogP contribution in [0.2, 0.25) is 0 Å². The quantitative estimate of drug-likeness (QED) is 0.187. The summed E-state index contributed by atoms with van der Waals surface area (Å²) in [4.78, 5) is 0. The van der Waals surface area contributed by atoms with Gasteiger partial charge < -0.3 is 14.0 Å². The molecule has 0 radical (unpaired) electrons. The maximum Gasteiger partial charge on any atom is 0.132 e.